The summed E-state index contributed by atoms with van der Waals surface area (Å²) in [5.74, 6) is -0.671. The summed E-state index contributed by atoms with van der Waals surface area (Å²) in [6.07, 6.45) is 0. The summed E-state index contributed by atoms with van der Waals surface area (Å²) in [5.41, 5.74) is 0.231. The summed E-state index contributed by atoms with van der Waals surface area (Å²) in [4.78, 5) is 32.8. The number of carbonyl (C=O) groups is 1. The quantitative estimate of drug-likeness (QED) is 0.216. The number of non-ortho nitro benzene ring substituents is 1. The number of nitrogens with zero attached hydrogens (tertiary/aromatic N) is 4. The van der Waals surface area contributed by atoms with E-state index in [9.17, 15) is 19.3 Å². The number of para-hydroxylation sites is 1. The Kier molecular flexibility index (Phi) is 7.96. The van der Waals surface area contributed by atoms with Gasteiger partial charge in [0.25, 0.3) is 11.6 Å². The minimum Gasteiger partial charge on any atom is -0.302 e. The number of likely N-dealkylation sites (N-methyl/N-ethyl adjacent to an activating group) is 1. The van der Waals surface area contributed by atoms with Crippen molar-refractivity contribution in [2.75, 3.05) is 31.1 Å². The highest BCUT2D eigenvalue weighted by Gasteiger charge is 2.24. The fraction of sp³-hybridized carbons (Fsp3) is 0.273. The summed E-state index contributed by atoms with van der Waals surface area (Å²) in [6.45, 7) is 6.85. The van der Waals surface area contributed by atoms with Crippen LogP contribution in [0.2, 0.25) is 0 Å². The average molecular weight is 509 g/mol. The molecule has 0 saturated heterocycles. The maximum atomic E-state index is 14.2. The van der Waals surface area contributed by atoms with Gasteiger partial charge in [0, 0.05) is 35.3 Å². The molecule has 0 atom stereocenters. The van der Waals surface area contributed by atoms with Gasteiger partial charge in [-0.2, -0.15) is 0 Å². The van der Waals surface area contributed by atoms with Crippen LogP contribution in [0.4, 0.5) is 15.2 Å². The fourth-order valence-corrected chi connectivity index (χ4v) is 5.46. The van der Waals surface area contributed by atoms with Crippen molar-refractivity contribution in [3.63, 3.8) is 0 Å². The third-order valence-corrected chi connectivity index (χ3v) is 7.44. The van der Waals surface area contributed by atoms with E-state index >= 15 is 0 Å². The Morgan fingerprint density at radius 1 is 1.09 bits per heavy atom. The standard InChI is InChI=1S/C22H21FN4O3S2.ClH/c1-3-25(4-2)10-11-26(22-24-20-16(23)6-5-7-18(20)32-22)21(28)19-13-14-12-15(27(29)30)8-9-17(14)31-19;/h5-9,12-13H,3-4,10-11H2,1-2H3;1H. The van der Waals surface area contributed by atoms with Crippen LogP contribution in [0, 0.1) is 15.9 Å². The zero-order valence-electron chi connectivity index (χ0n) is 18.0. The zero-order chi connectivity index (χ0) is 22.8. The van der Waals surface area contributed by atoms with Crippen LogP contribution in [0.15, 0.2) is 42.5 Å². The molecule has 0 aliphatic carbocycles. The molecule has 11 heteroatoms. The Hall–Kier alpha value is -2.66. The molecule has 33 heavy (non-hydrogen) atoms. The lowest BCUT2D eigenvalue weighted by molar-refractivity contribution is -0.384. The number of hydrogen-bond donors (Lipinski definition) is 0. The molecule has 0 spiro atoms. The van der Waals surface area contributed by atoms with E-state index < -0.39 is 10.7 Å². The molecule has 174 valence electrons. The maximum absolute atomic E-state index is 14.2. The van der Waals surface area contributed by atoms with Gasteiger partial charge in [-0.05, 0) is 37.4 Å². The van der Waals surface area contributed by atoms with Gasteiger partial charge in [-0.15, -0.1) is 23.7 Å². The number of carbonyl (C=O) groups excluding carboxylic acids is 1. The Bertz CT molecular complexity index is 1310. The van der Waals surface area contributed by atoms with Crippen LogP contribution in [0.1, 0.15) is 23.5 Å². The number of hydrogen-bond acceptors (Lipinski definition) is 7. The molecule has 0 aliphatic rings. The summed E-state index contributed by atoms with van der Waals surface area (Å²) in [5, 5.41) is 12.2. The van der Waals surface area contributed by atoms with E-state index in [2.05, 4.69) is 23.7 Å². The van der Waals surface area contributed by atoms with Crippen molar-refractivity contribution in [1.29, 1.82) is 0 Å². The van der Waals surface area contributed by atoms with Gasteiger partial charge in [-0.3, -0.25) is 19.8 Å². The SMILES string of the molecule is CCN(CC)CCN(C(=O)c1cc2cc([N+](=O)[O-])ccc2s1)c1nc2c(F)cccc2s1.Cl. The molecule has 0 radical (unpaired) electrons. The number of nitro groups is 1. The van der Waals surface area contributed by atoms with Crippen molar-refractivity contribution in [2.45, 2.75) is 13.8 Å². The number of fused-ring (bicyclic) bond motifs is 2. The lowest BCUT2D eigenvalue weighted by Gasteiger charge is -2.24. The second-order valence-corrected chi connectivity index (χ2v) is 9.25. The Morgan fingerprint density at radius 3 is 2.52 bits per heavy atom. The second-order valence-electron chi connectivity index (χ2n) is 7.16. The highest BCUT2D eigenvalue weighted by atomic mass is 35.5. The third kappa shape index (κ3) is 5.14. The highest BCUT2D eigenvalue weighted by molar-refractivity contribution is 7.23. The third-order valence-electron chi connectivity index (χ3n) is 5.29. The number of benzene rings is 2. The van der Waals surface area contributed by atoms with Gasteiger partial charge >= 0.3 is 0 Å². The number of halogens is 2. The monoisotopic (exact) mass is 508 g/mol. The van der Waals surface area contributed by atoms with Gasteiger partial charge < -0.3 is 4.90 Å². The number of amides is 1. The first-order valence-electron chi connectivity index (χ1n) is 10.2. The number of aromatic nitrogens is 1. The largest absolute Gasteiger partial charge is 0.302 e. The van der Waals surface area contributed by atoms with E-state index in [1.54, 1.807) is 29.2 Å². The molecule has 0 fully saturated rings. The Labute approximate surface area is 204 Å². The number of thiophene rings is 1. The van der Waals surface area contributed by atoms with Crippen molar-refractivity contribution < 1.29 is 14.1 Å². The topological polar surface area (TPSA) is 79.6 Å². The fourth-order valence-electron chi connectivity index (χ4n) is 3.47. The molecule has 4 rings (SSSR count). The maximum Gasteiger partial charge on any atom is 0.270 e. The van der Waals surface area contributed by atoms with Gasteiger partial charge in [0.1, 0.15) is 11.3 Å². The van der Waals surface area contributed by atoms with Crippen molar-refractivity contribution in [2.24, 2.45) is 0 Å². The van der Waals surface area contributed by atoms with Crippen molar-refractivity contribution in [1.82, 2.24) is 9.88 Å². The van der Waals surface area contributed by atoms with Gasteiger partial charge in [0.05, 0.1) is 14.5 Å². The molecule has 0 N–H and O–H groups in total. The number of anilines is 1. The van der Waals surface area contributed by atoms with Crippen molar-refractivity contribution in [3.8, 4) is 0 Å². The second kappa shape index (κ2) is 10.5. The van der Waals surface area contributed by atoms with Gasteiger partial charge in [-0.1, -0.05) is 31.3 Å². The van der Waals surface area contributed by atoms with Crippen LogP contribution in [0.25, 0.3) is 20.3 Å². The lowest BCUT2D eigenvalue weighted by atomic mass is 10.2. The summed E-state index contributed by atoms with van der Waals surface area (Å²) >= 11 is 2.55. The van der Waals surface area contributed by atoms with Crippen molar-refractivity contribution >= 4 is 72.1 Å². The van der Waals surface area contributed by atoms with E-state index in [0.29, 0.717) is 33.2 Å². The molecule has 4 aromatic rings. The van der Waals surface area contributed by atoms with E-state index in [1.165, 1.54) is 40.9 Å². The average Bonchev–Trinajstić information content (AvgIpc) is 3.41. The first-order chi connectivity index (χ1) is 15.4. The molecule has 0 saturated carbocycles. The van der Waals surface area contributed by atoms with Gasteiger partial charge in [0.15, 0.2) is 5.13 Å². The zero-order valence-corrected chi connectivity index (χ0v) is 20.4. The first-order valence-corrected chi connectivity index (χ1v) is 11.8. The van der Waals surface area contributed by atoms with Gasteiger partial charge in [0.2, 0.25) is 0 Å². The van der Waals surface area contributed by atoms with E-state index in [4.69, 9.17) is 0 Å². The van der Waals surface area contributed by atoms with Crippen LogP contribution >= 0.6 is 35.1 Å². The minimum absolute atomic E-state index is 0. The lowest BCUT2D eigenvalue weighted by Crippen LogP contribution is -2.38. The normalized spacial score (nSPS) is 11.2. The van der Waals surface area contributed by atoms with Gasteiger partial charge in [-0.25, -0.2) is 9.37 Å². The highest BCUT2D eigenvalue weighted by Crippen LogP contribution is 2.34. The minimum atomic E-state index is -0.454. The molecular weight excluding hydrogens is 487 g/mol. The van der Waals surface area contributed by atoms with Crippen LogP contribution in [0.3, 0.4) is 0 Å². The molecule has 7 nitrogen and oxygen atoms in total. The molecule has 1 amide bonds. The predicted molar refractivity (Wildman–Crippen MR) is 135 cm³/mol. The first kappa shape index (κ1) is 25.0. The van der Waals surface area contributed by atoms with E-state index in [0.717, 1.165) is 17.8 Å². The van der Waals surface area contributed by atoms with Crippen LogP contribution < -0.4 is 4.90 Å². The molecule has 2 aromatic heterocycles. The van der Waals surface area contributed by atoms with Crippen LogP contribution in [-0.4, -0.2) is 46.9 Å². The number of nitro benzene ring substituents is 1. The Balaban J connectivity index is 0.00000306. The summed E-state index contributed by atoms with van der Waals surface area (Å²) < 4.78 is 15.7. The van der Waals surface area contributed by atoms with E-state index in [-0.39, 0.29) is 29.5 Å². The predicted octanol–water partition coefficient (Wildman–Crippen LogP) is 5.97. The molecule has 2 aromatic carbocycles. The summed E-state index contributed by atoms with van der Waals surface area (Å²) in [7, 11) is 0. The molecule has 0 unspecified atom stereocenters. The molecule has 2 heterocycles. The van der Waals surface area contributed by atoms with E-state index in [1.807, 2.05) is 0 Å². The smallest absolute Gasteiger partial charge is 0.270 e. The molecular formula is C22H22ClFN4O3S2. The summed E-state index contributed by atoms with van der Waals surface area (Å²) in [6, 6.07) is 11.0. The van der Waals surface area contributed by atoms with Crippen LogP contribution in [-0.2, 0) is 0 Å². The molecule has 0 bridgehead atoms. The molecule has 0 aliphatic heterocycles. The number of thiazole rings is 1. The Morgan fingerprint density at radius 2 is 1.85 bits per heavy atom. The van der Waals surface area contributed by atoms with Crippen molar-refractivity contribution in [3.05, 3.63) is 63.3 Å². The van der Waals surface area contributed by atoms with Crippen LogP contribution in [0.5, 0.6) is 0 Å². The number of rotatable bonds is 8.